The Labute approximate surface area is 160 Å². The van der Waals surface area contributed by atoms with Crippen LogP contribution in [0.3, 0.4) is 0 Å². The van der Waals surface area contributed by atoms with E-state index in [1.165, 1.54) is 7.11 Å². The average molecular weight is 397 g/mol. The van der Waals surface area contributed by atoms with E-state index in [-0.39, 0.29) is 17.3 Å². The van der Waals surface area contributed by atoms with E-state index in [2.05, 4.69) is 0 Å². The summed E-state index contributed by atoms with van der Waals surface area (Å²) < 4.78 is 17.4. The van der Waals surface area contributed by atoms with Crippen LogP contribution in [0.2, 0.25) is 5.02 Å². The van der Waals surface area contributed by atoms with Gasteiger partial charge >= 0.3 is 11.5 Å². The van der Waals surface area contributed by atoms with Crippen LogP contribution in [-0.4, -0.2) is 66.3 Å². The molecule has 1 aliphatic rings. The highest BCUT2D eigenvalue weighted by Gasteiger charge is 2.36. The molecular formula is C18H21ClN2O6. The van der Waals surface area contributed by atoms with Gasteiger partial charge in [0.25, 0.3) is 0 Å². The number of carbonyl (C=O) groups is 1. The van der Waals surface area contributed by atoms with Crippen molar-refractivity contribution in [2.45, 2.75) is 18.7 Å². The minimum atomic E-state index is -1.03. The number of carboxylic acid groups (broad SMARTS) is 1. The number of hydrogen-bond acceptors (Lipinski definition) is 6. The van der Waals surface area contributed by atoms with E-state index < -0.39 is 23.7 Å². The summed E-state index contributed by atoms with van der Waals surface area (Å²) in [6, 6.07) is 8.06. The monoisotopic (exact) mass is 396 g/mol. The molecule has 2 unspecified atom stereocenters. The molecule has 0 amide bonds. The Balaban J connectivity index is 1.87. The number of hydrogen-bond donors (Lipinski definition) is 1. The van der Waals surface area contributed by atoms with Crippen LogP contribution < -0.4 is 5.56 Å². The Morgan fingerprint density at radius 2 is 1.96 bits per heavy atom. The normalized spacial score (nSPS) is 17.6. The molecule has 0 radical (unpaired) electrons. The van der Waals surface area contributed by atoms with Crippen molar-refractivity contribution in [1.82, 2.24) is 9.64 Å². The number of benzene rings is 1. The Morgan fingerprint density at radius 3 is 2.56 bits per heavy atom. The molecule has 2 aromatic rings. The molecule has 0 aliphatic carbocycles. The van der Waals surface area contributed by atoms with Gasteiger partial charge in [0.05, 0.1) is 19.8 Å². The van der Waals surface area contributed by atoms with Gasteiger partial charge in [-0.25, -0.2) is 0 Å². The van der Waals surface area contributed by atoms with E-state index in [1.54, 1.807) is 29.2 Å². The zero-order valence-electron chi connectivity index (χ0n) is 14.8. The first-order valence-electron chi connectivity index (χ1n) is 8.55. The molecule has 0 spiro atoms. The van der Waals surface area contributed by atoms with Crippen molar-refractivity contribution < 1.29 is 23.9 Å². The highest BCUT2D eigenvalue weighted by atomic mass is 35.5. The molecule has 0 bridgehead atoms. The van der Waals surface area contributed by atoms with E-state index in [9.17, 15) is 14.7 Å². The van der Waals surface area contributed by atoms with E-state index >= 15 is 0 Å². The van der Waals surface area contributed by atoms with Crippen LogP contribution in [-0.2, 0) is 20.8 Å². The molecule has 2 atom stereocenters. The van der Waals surface area contributed by atoms with E-state index in [1.807, 2.05) is 6.07 Å². The summed E-state index contributed by atoms with van der Waals surface area (Å²) in [5, 5.41) is 9.66. The number of methoxy groups -OCH3 is 1. The number of nitrogens with zero attached hydrogens (tertiary/aromatic N) is 2. The maximum absolute atomic E-state index is 12.5. The summed E-state index contributed by atoms with van der Waals surface area (Å²) >= 11 is 6.15. The number of aliphatic carboxylic acids is 1. The number of halogens is 1. The largest absolute Gasteiger partial charge is 0.480 e. The predicted molar refractivity (Wildman–Crippen MR) is 98.0 cm³/mol. The molecule has 9 heteroatoms. The van der Waals surface area contributed by atoms with Crippen molar-refractivity contribution in [3.8, 4) is 11.3 Å². The van der Waals surface area contributed by atoms with Gasteiger partial charge in [0.15, 0.2) is 10.8 Å². The minimum Gasteiger partial charge on any atom is -0.480 e. The van der Waals surface area contributed by atoms with Gasteiger partial charge in [-0.05, 0) is 0 Å². The van der Waals surface area contributed by atoms with Crippen molar-refractivity contribution in [3.63, 3.8) is 0 Å². The summed E-state index contributed by atoms with van der Waals surface area (Å²) in [4.78, 5) is 26.1. The fourth-order valence-corrected chi connectivity index (χ4v) is 3.40. The maximum Gasteiger partial charge on any atom is 0.323 e. The molecule has 1 aliphatic heterocycles. The first-order chi connectivity index (χ1) is 13.0. The molecule has 2 heterocycles. The first-order valence-corrected chi connectivity index (χ1v) is 8.93. The molecule has 1 saturated heterocycles. The third-order valence-corrected chi connectivity index (χ3v) is 4.88. The van der Waals surface area contributed by atoms with Gasteiger partial charge < -0.3 is 19.1 Å². The maximum atomic E-state index is 12.5. The lowest BCUT2D eigenvalue weighted by Crippen LogP contribution is -2.55. The molecule has 1 aromatic carbocycles. The lowest BCUT2D eigenvalue weighted by Gasteiger charge is -2.35. The summed E-state index contributed by atoms with van der Waals surface area (Å²) in [7, 11) is 1.41. The van der Waals surface area contributed by atoms with Gasteiger partial charge in [-0.15, -0.1) is 0 Å². The molecule has 146 valence electrons. The number of carboxylic acids is 1. The topological polar surface area (TPSA) is 94.1 Å². The molecular weight excluding hydrogens is 376 g/mol. The van der Waals surface area contributed by atoms with Crippen LogP contribution in [0.25, 0.3) is 11.3 Å². The molecule has 27 heavy (non-hydrogen) atoms. The van der Waals surface area contributed by atoms with Gasteiger partial charge in [0.1, 0.15) is 12.1 Å². The van der Waals surface area contributed by atoms with Crippen LogP contribution >= 0.6 is 11.6 Å². The second kappa shape index (κ2) is 8.71. The Hall–Kier alpha value is -2.13. The van der Waals surface area contributed by atoms with Crippen LogP contribution in [0.4, 0.5) is 0 Å². The molecule has 8 nitrogen and oxygen atoms in total. The van der Waals surface area contributed by atoms with Gasteiger partial charge in [-0.1, -0.05) is 41.9 Å². The van der Waals surface area contributed by atoms with Gasteiger partial charge in [-0.2, -0.15) is 4.74 Å². The predicted octanol–water partition coefficient (Wildman–Crippen LogP) is 1.56. The quantitative estimate of drug-likeness (QED) is 0.758. The molecule has 0 saturated carbocycles. The number of morpholine rings is 1. The lowest BCUT2D eigenvalue weighted by molar-refractivity contribution is -0.152. The highest BCUT2D eigenvalue weighted by Crippen LogP contribution is 2.26. The van der Waals surface area contributed by atoms with Crippen LogP contribution in [0, 0.1) is 0 Å². The van der Waals surface area contributed by atoms with Crippen molar-refractivity contribution >= 4 is 17.6 Å². The highest BCUT2D eigenvalue weighted by molar-refractivity contribution is 6.32. The third kappa shape index (κ3) is 4.24. The van der Waals surface area contributed by atoms with Crippen LogP contribution in [0.5, 0.6) is 0 Å². The fourth-order valence-electron chi connectivity index (χ4n) is 3.16. The number of aromatic nitrogens is 1. The van der Waals surface area contributed by atoms with Gasteiger partial charge in [-0.3, -0.25) is 14.5 Å². The van der Waals surface area contributed by atoms with E-state index in [4.69, 9.17) is 25.6 Å². The Bertz CT molecular complexity index is 828. The van der Waals surface area contributed by atoms with Crippen molar-refractivity contribution in [2.24, 2.45) is 0 Å². The SMILES string of the molecule is COC(Cn1oc(-c2ccccc2)c(Cl)c1=O)C(C(=O)O)N1CCOCC1. The molecule has 1 N–H and O–H groups in total. The van der Waals surface area contributed by atoms with Crippen LogP contribution in [0.15, 0.2) is 39.6 Å². The second-order valence-corrected chi connectivity index (χ2v) is 6.55. The van der Waals surface area contributed by atoms with E-state index in [0.29, 0.717) is 31.9 Å². The minimum absolute atomic E-state index is 0.0469. The first kappa shape index (κ1) is 19.6. The standard InChI is InChI=1S/C18H21ClN2O6/c1-25-13(15(18(23)24)20-7-9-26-10-8-20)11-21-17(22)14(19)16(27-21)12-5-3-2-4-6-12/h2-6,13,15H,7-11H2,1H3,(H,23,24). The van der Waals surface area contributed by atoms with Crippen LogP contribution in [0.1, 0.15) is 0 Å². The summed E-state index contributed by atoms with van der Waals surface area (Å²) in [6.07, 6.45) is -0.802. The Morgan fingerprint density at radius 1 is 1.30 bits per heavy atom. The summed E-state index contributed by atoms with van der Waals surface area (Å²) in [6.45, 7) is 1.77. The molecule has 1 aromatic heterocycles. The Kier molecular flexibility index (Phi) is 6.33. The smallest absolute Gasteiger partial charge is 0.323 e. The van der Waals surface area contributed by atoms with Crippen molar-refractivity contribution in [1.29, 1.82) is 0 Å². The zero-order chi connectivity index (χ0) is 19.4. The third-order valence-electron chi connectivity index (χ3n) is 4.54. The molecule has 3 rings (SSSR count). The summed E-state index contributed by atoms with van der Waals surface area (Å²) in [5.74, 6) is -0.784. The second-order valence-electron chi connectivity index (χ2n) is 6.17. The van der Waals surface area contributed by atoms with Crippen molar-refractivity contribution in [3.05, 3.63) is 45.7 Å². The number of rotatable bonds is 7. The zero-order valence-corrected chi connectivity index (χ0v) is 15.6. The average Bonchev–Trinajstić information content (AvgIpc) is 2.97. The number of ether oxygens (including phenoxy) is 2. The lowest BCUT2D eigenvalue weighted by atomic mass is 10.1. The van der Waals surface area contributed by atoms with Gasteiger partial charge in [0, 0.05) is 25.8 Å². The summed E-state index contributed by atoms with van der Waals surface area (Å²) in [5.41, 5.74) is 0.138. The fraction of sp³-hybridized carbons (Fsp3) is 0.444. The van der Waals surface area contributed by atoms with Crippen molar-refractivity contribution in [2.75, 3.05) is 33.4 Å². The molecule has 1 fully saturated rings. The van der Waals surface area contributed by atoms with E-state index in [0.717, 1.165) is 4.74 Å². The van der Waals surface area contributed by atoms with Gasteiger partial charge in [0.2, 0.25) is 0 Å².